The first-order valence-electron chi connectivity index (χ1n) is 8.23. The Balaban J connectivity index is 0.000000218. The zero-order valence-electron chi connectivity index (χ0n) is 16.9. The van der Waals surface area contributed by atoms with E-state index in [1.807, 2.05) is 13.8 Å². The smallest absolute Gasteiger partial charge is 0.224 e. The van der Waals surface area contributed by atoms with E-state index in [0.717, 1.165) is 17.3 Å². The molecule has 156 valence electrons. The molecule has 0 amide bonds. The number of ether oxygens (including phenoxy) is 2. The molecular weight excluding hydrogens is 419 g/mol. The number of aromatic hydroxyl groups is 1. The molecule has 0 aliphatic carbocycles. The molecule has 3 aromatic rings. The van der Waals surface area contributed by atoms with Crippen molar-refractivity contribution in [2.24, 2.45) is 0 Å². The highest BCUT2D eigenvalue weighted by Gasteiger charge is 2.01. The maximum absolute atomic E-state index is 8.92. The second kappa shape index (κ2) is 11.9. The largest absolute Gasteiger partial charge is 0.504 e. The number of methoxy groups -OCH3 is 2. The molecule has 9 nitrogen and oxygen atoms in total. The van der Waals surface area contributed by atoms with Gasteiger partial charge < -0.3 is 14.6 Å². The van der Waals surface area contributed by atoms with E-state index in [2.05, 4.69) is 29.9 Å². The van der Waals surface area contributed by atoms with E-state index in [4.69, 9.17) is 37.8 Å². The summed E-state index contributed by atoms with van der Waals surface area (Å²) in [5.41, 5.74) is 1.51. The average molecular weight is 441 g/mol. The third kappa shape index (κ3) is 8.41. The van der Waals surface area contributed by atoms with Gasteiger partial charge in [0.25, 0.3) is 0 Å². The molecule has 3 aromatic heterocycles. The predicted octanol–water partition coefficient (Wildman–Crippen LogP) is 3.69. The van der Waals surface area contributed by atoms with Gasteiger partial charge in [0.2, 0.25) is 5.28 Å². The van der Waals surface area contributed by atoms with Crippen molar-refractivity contribution >= 4 is 23.2 Å². The Morgan fingerprint density at radius 1 is 0.724 bits per heavy atom. The predicted molar refractivity (Wildman–Crippen MR) is 110 cm³/mol. The van der Waals surface area contributed by atoms with Crippen molar-refractivity contribution in [1.29, 1.82) is 0 Å². The topological polar surface area (TPSA) is 116 Å². The van der Waals surface area contributed by atoms with Crippen LogP contribution in [0.5, 0.6) is 17.2 Å². The number of halogens is 2. The zero-order valence-corrected chi connectivity index (χ0v) is 18.4. The van der Waals surface area contributed by atoms with Crippen LogP contribution >= 0.6 is 23.2 Å². The molecule has 1 N–H and O–H groups in total. The highest BCUT2D eigenvalue weighted by molar-refractivity contribution is 6.32. The van der Waals surface area contributed by atoms with E-state index in [-0.39, 0.29) is 16.2 Å². The van der Waals surface area contributed by atoms with Crippen LogP contribution in [-0.2, 0) is 0 Å². The average Bonchev–Trinajstić information content (AvgIpc) is 2.66. The number of nitrogens with zero attached hydrogens (tertiary/aromatic N) is 6. The minimum absolute atomic E-state index is 0.116. The van der Waals surface area contributed by atoms with Crippen LogP contribution in [-0.4, -0.2) is 49.2 Å². The van der Waals surface area contributed by atoms with Crippen LogP contribution in [0, 0.1) is 27.7 Å². The molecule has 0 saturated heterocycles. The van der Waals surface area contributed by atoms with Gasteiger partial charge in [-0.1, -0.05) is 11.6 Å². The van der Waals surface area contributed by atoms with Crippen LogP contribution < -0.4 is 9.47 Å². The lowest BCUT2D eigenvalue weighted by Crippen LogP contribution is -1.94. The van der Waals surface area contributed by atoms with Gasteiger partial charge in [-0.2, -0.15) is 0 Å². The Morgan fingerprint density at radius 3 is 1.69 bits per heavy atom. The maximum Gasteiger partial charge on any atom is 0.224 e. The third-order valence-corrected chi connectivity index (χ3v) is 3.70. The Bertz CT molecular complexity index is 892. The molecule has 0 saturated carbocycles. The van der Waals surface area contributed by atoms with Crippen molar-refractivity contribution in [2.45, 2.75) is 27.7 Å². The molecule has 0 aliphatic rings. The van der Waals surface area contributed by atoms with Crippen molar-refractivity contribution in [1.82, 2.24) is 29.9 Å². The highest BCUT2D eigenvalue weighted by Crippen LogP contribution is 2.20. The number of hydrogen-bond donors (Lipinski definition) is 1. The summed E-state index contributed by atoms with van der Waals surface area (Å²) in [6, 6.07) is 0. The normalized spacial score (nSPS) is 9.52. The lowest BCUT2D eigenvalue weighted by Gasteiger charge is -2.01. The Hall–Kier alpha value is -2.78. The van der Waals surface area contributed by atoms with E-state index >= 15 is 0 Å². The Labute approximate surface area is 179 Å². The van der Waals surface area contributed by atoms with Crippen LogP contribution in [0.4, 0.5) is 0 Å². The third-order valence-electron chi connectivity index (χ3n) is 3.25. The summed E-state index contributed by atoms with van der Waals surface area (Å²) in [4.78, 5) is 23.1. The van der Waals surface area contributed by atoms with Gasteiger partial charge in [0.05, 0.1) is 44.2 Å². The first-order valence-corrected chi connectivity index (χ1v) is 8.99. The second-order valence-electron chi connectivity index (χ2n) is 5.46. The molecular formula is C18H22Cl2N6O3. The summed E-state index contributed by atoms with van der Waals surface area (Å²) < 4.78 is 9.76. The lowest BCUT2D eigenvalue weighted by atomic mass is 10.4. The maximum atomic E-state index is 8.92. The lowest BCUT2D eigenvalue weighted by molar-refractivity contribution is 0.406. The van der Waals surface area contributed by atoms with Gasteiger partial charge in [0.15, 0.2) is 22.4 Å². The van der Waals surface area contributed by atoms with Gasteiger partial charge >= 0.3 is 0 Å². The molecule has 0 aromatic carbocycles. The summed E-state index contributed by atoms with van der Waals surface area (Å²) in [6.07, 6.45) is 4.49. The molecule has 0 atom stereocenters. The van der Waals surface area contributed by atoms with Crippen molar-refractivity contribution in [3.8, 4) is 17.2 Å². The van der Waals surface area contributed by atoms with Crippen LogP contribution in [0.25, 0.3) is 0 Å². The van der Waals surface area contributed by atoms with E-state index in [1.54, 1.807) is 27.2 Å². The fourth-order valence-electron chi connectivity index (χ4n) is 1.82. The Kier molecular flexibility index (Phi) is 9.98. The fraction of sp³-hybridized carbons (Fsp3) is 0.333. The number of aryl methyl sites for hydroxylation is 4. The Morgan fingerprint density at radius 2 is 1.24 bits per heavy atom. The number of hydrogen-bond acceptors (Lipinski definition) is 9. The monoisotopic (exact) mass is 440 g/mol. The van der Waals surface area contributed by atoms with Crippen LogP contribution in [0.15, 0.2) is 18.6 Å². The molecule has 3 rings (SSSR count). The highest BCUT2D eigenvalue weighted by atomic mass is 35.5. The minimum atomic E-state index is 0.116. The van der Waals surface area contributed by atoms with Crippen molar-refractivity contribution in [2.75, 3.05) is 14.2 Å². The SMILES string of the molecule is COc1cnc(C)nc1C.COc1cnc(Cl)nc1Cl.Cc1ncc(O)c(C)n1. The minimum Gasteiger partial charge on any atom is -0.504 e. The molecule has 0 bridgehead atoms. The van der Waals surface area contributed by atoms with E-state index < -0.39 is 0 Å². The standard InChI is InChI=1S/C7H10N2O.C6H8N2O.C5H4Cl2N2O/c1-5-7(10-3)4-8-6(2)9-5;1-4-6(9)3-7-5(2)8-4;1-10-3-2-8-5(7)9-4(3)6/h4H,1-3H3;3,9H,1-2H3;2H,1H3. The summed E-state index contributed by atoms with van der Waals surface area (Å²) in [6.45, 7) is 7.27. The van der Waals surface area contributed by atoms with Gasteiger partial charge in [-0.15, -0.1) is 0 Å². The van der Waals surface area contributed by atoms with Crippen LogP contribution in [0.3, 0.4) is 0 Å². The first-order chi connectivity index (χ1) is 13.7. The second-order valence-corrected chi connectivity index (χ2v) is 6.15. The van der Waals surface area contributed by atoms with Crippen molar-refractivity contribution in [3.05, 3.63) is 52.1 Å². The first kappa shape index (κ1) is 24.3. The summed E-state index contributed by atoms with van der Waals surface area (Å²) in [5, 5.41) is 9.26. The zero-order chi connectivity index (χ0) is 22.0. The summed E-state index contributed by atoms with van der Waals surface area (Å²) in [5.74, 6) is 2.78. The molecule has 0 radical (unpaired) electrons. The molecule has 0 fully saturated rings. The van der Waals surface area contributed by atoms with Crippen LogP contribution in [0.2, 0.25) is 10.4 Å². The molecule has 0 spiro atoms. The number of aromatic nitrogens is 6. The van der Waals surface area contributed by atoms with Crippen molar-refractivity contribution < 1.29 is 14.6 Å². The van der Waals surface area contributed by atoms with Gasteiger partial charge in [0.1, 0.15) is 11.6 Å². The van der Waals surface area contributed by atoms with Gasteiger partial charge in [-0.05, 0) is 39.3 Å². The van der Waals surface area contributed by atoms with E-state index in [1.165, 1.54) is 19.5 Å². The molecule has 3 heterocycles. The summed E-state index contributed by atoms with van der Waals surface area (Å²) >= 11 is 11.0. The van der Waals surface area contributed by atoms with Gasteiger partial charge in [0, 0.05) is 0 Å². The molecule has 29 heavy (non-hydrogen) atoms. The molecule has 0 aliphatic heterocycles. The fourth-order valence-corrected chi connectivity index (χ4v) is 2.20. The quantitative estimate of drug-likeness (QED) is 0.469. The number of rotatable bonds is 2. The summed E-state index contributed by atoms with van der Waals surface area (Å²) in [7, 11) is 3.10. The van der Waals surface area contributed by atoms with Crippen molar-refractivity contribution in [3.63, 3.8) is 0 Å². The van der Waals surface area contributed by atoms with E-state index in [9.17, 15) is 0 Å². The molecule has 11 heteroatoms. The van der Waals surface area contributed by atoms with Gasteiger partial charge in [-0.3, -0.25) is 0 Å². The van der Waals surface area contributed by atoms with Crippen LogP contribution in [0.1, 0.15) is 23.0 Å². The van der Waals surface area contributed by atoms with Gasteiger partial charge in [-0.25, -0.2) is 29.9 Å². The molecule has 0 unspecified atom stereocenters. The van der Waals surface area contributed by atoms with E-state index in [0.29, 0.717) is 17.3 Å².